The first-order valence-corrected chi connectivity index (χ1v) is 24.9. The monoisotopic (exact) mass is 957 g/mol. The molecule has 0 bridgehead atoms. The van der Waals surface area contributed by atoms with E-state index in [2.05, 4.69) is 45.7 Å². The first kappa shape index (κ1) is 58.5. The molecule has 1 atom stereocenters. The van der Waals surface area contributed by atoms with Crippen molar-refractivity contribution in [1.29, 1.82) is 0 Å². The lowest BCUT2D eigenvalue weighted by atomic mass is 10.0. The molecule has 1 aliphatic rings. The van der Waals surface area contributed by atoms with E-state index in [1.54, 1.807) is 24.3 Å². The summed E-state index contributed by atoms with van der Waals surface area (Å²) in [6.07, 6.45) is 20.3. The third-order valence-corrected chi connectivity index (χ3v) is 11.4. The van der Waals surface area contributed by atoms with E-state index in [0.717, 1.165) is 44.1 Å². The summed E-state index contributed by atoms with van der Waals surface area (Å²) in [4.78, 5) is 116. The number of nitrogens with zero attached hydrogens (tertiary/aromatic N) is 2. The number of unbranched alkanes of at least 4 members (excludes halogenated alkanes) is 14. The van der Waals surface area contributed by atoms with E-state index in [4.69, 9.17) is 9.47 Å². The molecule has 0 aromatic heterocycles. The Balaban J connectivity index is 1.64. The van der Waals surface area contributed by atoms with Gasteiger partial charge in [-0.15, -0.1) is 0 Å². The van der Waals surface area contributed by atoms with Crippen LogP contribution in [0.1, 0.15) is 141 Å². The van der Waals surface area contributed by atoms with Gasteiger partial charge in [0.2, 0.25) is 47.3 Å². The number of ether oxygens (including phenoxy) is 2. The number of benzene rings is 1. The van der Waals surface area contributed by atoms with Crippen molar-refractivity contribution in [1.82, 2.24) is 41.7 Å². The van der Waals surface area contributed by atoms with E-state index in [0.29, 0.717) is 32.4 Å². The van der Waals surface area contributed by atoms with Crippen molar-refractivity contribution in [2.75, 3.05) is 72.1 Å². The second-order valence-corrected chi connectivity index (χ2v) is 17.2. The van der Waals surface area contributed by atoms with Crippen molar-refractivity contribution in [2.45, 2.75) is 148 Å². The van der Waals surface area contributed by atoms with Gasteiger partial charge in [-0.1, -0.05) is 134 Å². The zero-order valence-corrected chi connectivity index (χ0v) is 40.8. The molecule has 2 rings (SSSR count). The van der Waals surface area contributed by atoms with Gasteiger partial charge < -0.3 is 51.2 Å². The third-order valence-electron chi connectivity index (χ3n) is 11.4. The Hall–Kier alpha value is -5.59. The van der Waals surface area contributed by atoms with E-state index < -0.39 is 99.2 Å². The summed E-state index contributed by atoms with van der Waals surface area (Å²) in [6, 6.07) is 8.12. The van der Waals surface area contributed by atoms with E-state index in [9.17, 15) is 43.2 Å². The second-order valence-electron chi connectivity index (χ2n) is 17.2. The predicted molar refractivity (Wildman–Crippen MR) is 256 cm³/mol. The summed E-state index contributed by atoms with van der Waals surface area (Å²) in [5.41, 5.74) is 0.789. The number of carbonyl (C=O) groups excluding carboxylic acids is 9. The molecule has 0 unspecified atom stereocenters. The average molecular weight is 957 g/mol. The number of esters is 1. The lowest BCUT2D eigenvalue weighted by Crippen LogP contribution is -2.55. The molecule has 382 valence electrons. The summed E-state index contributed by atoms with van der Waals surface area (Å²) in [7, 11) is 0. The Morgan fingerprint density at radius 3 is 1.56 bits per heavy atom. The van der Waals surface area contributed by atoms with Crippen LogP contribution >= 0.6 is 0 Å². The quantitative estimate of drug-likeness (QED) is 0.0418. The van der Waals surface area contributed by atoms with Crippen molar-refractivity contribution in [3.05, 3.63) is 35.9 Å². The van der Waals surface area contributed by atoms with Crippen LogP contribution in [0.4, 0.5) is 0 Å². The average Bonchev–Trinajstić information content (AvgIpc) is 3.35. The lowest BCUT2D eigenvalue weighted by molar-refractivity contribution is -0.145. The minimum Gasteiger partial charge on any atom is -0.460 e. The molecular weight excluding hydrogens is 877 g/mol. The number of nitrogens with one attached hydrogen (secondary N) is 6. The van der Waals surface area contributed by atoms with Gasteiger partial charge in [0.25, 0.3) is 0 Å². The molecule has 0 spiro atoms. The molecule has 1 aromatic rings. The zero-order chi connectivity index (χ0) is 49.6. The van der Waals surface area contributed by atoms with Crippen LogP contribution in [0.2, 0.25) is 0 Å². The van der Waals surface area contributed by atoms with Gasteiger partial charge in [-0.25, -0.2) is 0 Å². The summed E-state index contributed by atoms with van der Waals surface area (Å²) in [6.45, 7) is 2.71. The number of hydrogen-bond donors (Lipinski definition) is 6. The summed E-state index contributed by atoms with van der Waals surface area (Å²) >= 11 is 0. The van der Waals surface area contributed by atoms with Crippen LogP contribution in [0, 0.1) is 0 Å². The Morgan fingerprint density at radius 2 is 1.01 bits per heavy atom. The molecule has 68 heavy (non-hydrogen) atoms. The molecule has 1 aromatic carbocycles. The van der Waals surface area contributed by atoms with Gasteiger partial charge in [0.05, 0.1) is 32.7 Å². The molecule has 0 saturated carbocycles. The largest absolute Gasteiger partial charge is 0.460 e. The maximum atomic E-state index is 13.1. The molecule has 19 nitrogen and oxygen atoms in total. The Morgan fingerprint density at radius 1 is 0.544 bits per heavy atom. The molecule has 8 amide bonds. The van der Waals surface area contributed by atoms with Gasteiger partial charge in [0, 0.05) is 19.6 Å². The topological polar surface area (TPSA) is 251 Å². The number of carbonyl (C=O) groups is 9. The third kappa shape index (κ3) is 28.6. The normalized spacial score (nSPS) is 13.1. The van der Waals surface area contributed by atoms with Gasteiger partial charge in [-0.05, 0) is 37.7 Å². The van der Waals surface area contributed by atoms with Gasteiger partial charge in [-0.2, -0.15) is 0 Å². The van der Waals surface area contributed by atoms with Crippen LogP contribution in [0.3, 0.4) is 0 Å². The van der Waals surface area contributed by atoms with Gasteiger partial charge >= 0.3 is 5.97 Å². The number of likely N-dealkylation sites (tertiary alicyclic amines) is 1. The first-order valence-electron chi connectivity index (χ1n) is 24.9. The van der Waals surface area contributed by atoms with E-state index >= 15 is 0 Å². The molecule has 1 fully saturated rings. The lowest BCUT2D eigenvalue weighted by Gasteiger charge is -2.34. The Kier molecular flexibility index (Phi) is 32.2. The summed E-state index contributed by atoms with van der Waals surface area (Å²) in [5, 5.41) is 14.4. The highest BCUT2D eigenvalue weighted by Crippen LogP contribution is 2.17. The van der Waals surface area contributed by atoms with Gasteiger partial charge in [0.1, 0.15) is 32.4 Å². The van der Waals surface area contributed by atoms with Crippen LogP contribution in [-0.4, -0.2) is 141 Å². The fraction of sp³-hybridized carbons (Fsp3) is 0.694. The second kappa shape index (κ2) is 37.4. The standard InChI is InChI=1S/C49H80N8O11/c1-3-5-7-9-11-13-15-21-27-56(28-22-16-14-12-10-8-6-4-2)47(64)38-67-37-45(62)52-32-41(58)50-30-42(59)53-34-46(63)57-29-23-20-26-40(57)49(66)55-33-44(61)51-31-43(60)54-35-48(65)68-36-39-24-18-17-19-25-39/h17-19,24-25,40H,3-16,20-23,26-38H2,1-2H3,(H,50,58)(H,51,61)(H,52,62)(H,53,59)(H,54,60)(H,55,66)/t40-/m0/s1. The summed E-state index contributed by atoms with van der Waals surface area (Å²) in [5.74, 6) is -5.17. The Labute approximate surface area is 403 Å². The van der Waals surface area contributed by atoms with Gasteiger partial charge in [-0.3, -0.25) is 43.2 Å². The van der Waals surface area contributed by atoms with Crippen molar-refractivity contribution in [3.63, 3.8) is 0 Å². The van der Waals surface area contributed by atoms with Crippen molar-refractivity contribution >= 4 is 53.2 Å². The number of amides is 8. The molecule has 0 radical (unpaired) electrons. The number of rotatable bonds is 37. The van der Waals surface area contributed by atoms with Gasteiger partial charge in [0.15, 0.2) is 0 Å². The molecule has 19 heteroatoms. The molecule has 1 aliphatic heterocycles. The van der Waals surface area contributed by atoms with E-state index in [1.165, 1.54) is 69.1 Å². The first-order chi connectivity index (χ1) is 32.9. The maximum Gasteiger partial charge on any atom is 0.325 e. The maximum absolute atomic E-state index is 13.1. The van der Waals surface area contributed by atoms with Crippen LogP contribution in [-0.2, 0) is 59.2 Å². The highest BCUT2D eigenvalue weighted by molar-refractivity contribution is 5.94. The van der Waals surface area contributed by atoms with Crippen molar-refractivity contribution < 1.29 is 52.6 Å². The SMILES string of the molecule is CCCCCCCCCCN(CCCCCCCCCC)C(=O)COCC(=O)NCC(=O)NCC(=O)NCC(=O)N1CCCC[C@H]1C(=O)NCC(=O)NCC(=O)NCC(=O)OCc1ccccc1. The highest BCUT2D eigenvalue weighted by atomic mass is 16.5. The van der Waals surface area contributed by atoms with E-state index in [1.807, 2.05) is 11.0 Å². The van der Waals surface area contributed by atoms with Crippen LogP contribution in [0.25, 0.3) is 0 Å². The number of piperidine rings is 1. The minimum absolute atomic E-state index is 0.0517. The number of hydrogen-bond acceptors (Lipinski definition) is 11. The minimum atomic E-state index is -0.894. The molecule has 1 saturated heterocycles. The van der Waals surface area contributed by atoms with Crippen molar-refractivity contribution in [3.8, 4) is 0 Å². The van der Waals surface area contributed by atoms with E-state index in [-0.39, 0.29) is 25.7 Å². The highest BCUT2D eigenvalue weighted by Gasteiger charge is 2.32. The van der Waals surface area contributed by atoms with Crippen LogP contribution in [0.15, 0.2) is 30.3 Å². The summed E-state index contributed by atoms with van der Waals surface area (Å²) < 4.78 is 10.5. The van der Waals surface area contributed by atoms with Crippen LogP contribution < -0.4 is 31.9 Å². The Bertz CT molecular complexity index is 1660. The molecule has 1 heterocycles. The van der Waals surface area contributed by atoms with Crippen LogP contribution in [0.5, 0.6) is 0 Å². The molecule has 6 N–H and O–H groups in total. The zero-order valence-electron chi connectivity index (χ0n) is 40.8. The molecule has 0 aliphatic carbocycles. The molecular formula is C49H80N8O11. The fourth-order valence-corrected chi connectivity index (χ4v) is 7.42. The smallest absolute Gasteiger partial charge is 0.325 e. The van der Waals surface area contributed by atoms with Crippen molar-refractivity contribution in [2.24, 2.45) is 0 Å². The fourth-order valence-electron chi connectivity index (χ4n) is 7.42. The predicted octanol–water partition coefficient (Wildman–Crippen LogP) is 2.93.